The molecule has 3 rings (SSSR count). The Labute approximate surface area is 227 Å². The Balaban J connectivity index is 1.35. The number of rotatable bonds is 14. The van der Waals surface area contributed by atoms with Crippen LogP contribution in [0.1, 0.15) is 129 Å². The molecule has 0 amide bonds. The minimum absolute atomic E-state index is 0.204. The molecule has 2 fully saturated rings. The van der Waals surface area contributed by atoms with Gasteiger partial charge in [-0.25, -0.2) is 0 Å². The van der Waals surface area contributed by atoms with E-state index in [1.807, 2.05) is 26.0 Å². The van der Waals surface area contributed by atoms with E-state index < -0.39 is 5.60 Å². The van der Waals surface area contributed by atoms with Crippen molar-refractivity contribution in [2.45, 2.75) is 138 Å². The lowest BCUT2D eigenvalue weighted by Gasteiger charge is -2.35. The average molecular weight is 511 g/mol. The molecular formula is C34H54O3. The molecule has 2 bridgehead atoms. The summed E-state index contributed by atoms with van der Waals surface area (Å²) in [5.74, 6) is 4.76. The number of ether oxygens (including phenoxy) is 1. The van der Waals surface area contributed by atoms with Gasteiger partial charge in [0.1, 0.15) is 11.5 Å². The fraction of sp³-hybridized carbons (Fsp3) is 0.765. The van der Waals surface area contributed by atoms with E-state index in [0.29, 0.717) is 17.6 Å². The quantitative estimate of drug-likeness (QED) is 0.250. The molecule has 2 aliphatic rings. The summed E-state index contributed by atoms with van der Waals surface area (Å²) in [4.78, 5) is 25.3. The van der Waals surface area contributed by atoms with Gasteiger partial charge in [-0.3, -0.25) is 9.59 Å². The van der Waals surface area contributed by atoms with Crippen molar-refractivity contribution in [2.75, 3.05) is 0 Å². The summed E-state index contributed by atoms with van der Waals surface area (Å²) in [7, 11) is 0. The number of hydrogen-bond acceptors (Lipinski definition) is 3. The van der Waals surface area contributed by atoms with Crippen molar-refractivity contribution in [3.05, 3.63) is 29.3 Å². The molecule has 2 aliphatic carbocycles. The highest BCUT2D eigenvalue weighted by Gasteiger charge is 2.42. The molecule has 2 saturated carbocycles. The predicted molar refractivity (Wildman–Crippen MR) is 154 cm³/mol. The van der Waals surface area contributed by atoms with Gasteiger partial charge < -0.3 is 4.74 Å². The van der Waals surface area contributed by atoms with E-state index in [1.54, 1.807) is 0 Å². The second-order valence-electron chi connectivity index (χ2n) is 14.2. The minimum atomic E-state index is -0.791. The number of Topliss-reactive ketones (excluding diaryl/α,β-unsaturated/α-hetero) is 2. The molecular weight excluding hydrogens is 456 g/mol. The van der Waals surface area contributed by atoms with Gasteiger partial charge in [-0.05, 0) is 138 Å². The van der Waals surface area contributed by atoms with Crippen LogP contribution in [0.5, 0.6) is 5.75 Å². The SMILES string of the molecule is Cc1cc(C)cc(OC(C)(C)C(=O)CCCC2C[C@H]3CC[C@H](C2)C3CCCC(=O)CCCC(C)(C)C)c1. The van der Waals surface area contributed by atoms with Crippen molar-refractivity contribution in [1.82, 2.24) is 0 Å². The van der Waals surface area contributed by atoms with Crippen molar-refractivity contribution in [2.24, 2.45) is 29.1 Å². The number of ketones is 2. The van der Waals surface area contributed by atoms with Gasteiger partial charge in [0.05, 0.1) is 0 Å². The highest BCUT2D eigenvalue weighted by molar-refractivity contribution is 5.86. The Kier molecular flexibility index (Phi) is 10.5. The second-order valence-corrected chi connectivity index (χ2v) is 14.2. The van der Waals surface area contributed by atoms with E-state index in [2.05, 4.69) is 40.7 Å². The van der Waals surface area contributed by atoms with Crippen LogP contribution in [0.25, 0.3) is 0 Å². The third-order valence-corrected chi connectivity index (χ3v) is 9.02. The molecule has 1 aromatic rings. The van der Waals surface area contributed by atoms with E-state index in [9.17, 15) is 9.59 Å². The van der Waals surface area contributed by atoms with Gasteiger partial charge in [0.2, 0.25) is 0 Å². The molecule has 0 unspecified atom stereocenters. The minimum Gasteiger partial charge on any atom is -0.480 e. The van der Waals surface area contributed by atoms with Crippen LogP contribution in [0, 0.1) is 42.9 Å². The molecule has 37 heavy (non-hydrogen) atoms. The van der Waals surface area contributed by atoms with Crippen LogP contribution in [0.15, 0.2) is 18.2 Å². The molecule has 0 N–H and O–H groups in total. The standard InChI is InChI=1S/C34H54O3/c1-24-19-25(2)21-30(20-24)37-34(6,7)32(36)15-8-11-26-22-27-16-17-28(23-26)31(27)14-9-12-29(35)13-10-18-33(3,4)5/h19-21,26-28,31H,8-18,22-23H2,1-7H3/t26?,27-,28-,31?/m1/s1. The lowest BCUT2D eigenvalue weighted by molar-refractivity contribution is -0.132. The first kappa shape index (κ1) is 29.9. The monoisotopic (exact) mass is 510 g/mol. The summed E-state index contributed by atoms with van der Waals surface area (Å²) in [6.45, 7) is 14.7. The smallest absolute Gasteiger partial charge is 0.175 e. The van der Waals surface area contributed by atoms with Gasteiger partial charge in [-0.1, -0.05) is 33.3 Å². The zero-order valence-corrected chi connectivity index (χ0v) is 25.0. The van der Waals surface area contributed by atoms with E-state index in [1.165, 1.54) is 32.1 Å². The van der Waals surface area contributed by atoms with E-state index in [-0.39, 0.29) is 5.78 Å². The number of aryl methyl sites for hydroxylation is 2. The lowest BCUT2D eigenvalue weighted by atomic mass is 9.70. The summed E-state index contributed by atoms with van der Waals surface area (Å²) in [5, 5.41) is 0. The largest absolute Gasteiger partial charge is 0.480 e. The Hall–Kier alpha value is -1.64. The number of carbonyl (C=O) groups excluding carboxylic acids is 2. The molecule has 208 valence electrons. The molecule has 0 aliphatic heterocycles. The number of hydrogen-bond donors (Lipinski definition) is 0. The molecule has 0 aromatic heterocycles. The van der Waals surface area contributed by atoms with Crippen molar-refractivity contribution >= 4 is 11.6 Å². The second kappa shape index (κ2) is 12.9. The summed E-state index contributed by atoms with van der Waals surface area (Å²) >= 11 is 0. The maximum atomic E-state index is 13.0. The molecule has 2 atom stereocenters. The fourth-order valence-electron chi connectivity index (χ4n) is 7.16. The highest BCUT2D eigenvalue weighted by atomic mass is 16.5. The van der Waals surface area contributed by atoms with E-state index >= 15 is 0 Å². The predicted octanol–water partition coefficient (Wildman–Crippen LogP) is 9.21. The maximum absolute atomic E-state index is 13.0. The Morgan fingerprint density at radius 3 is 1.97 bits per heavy atom. The van der Waals surface area contributed by atoms with Gasteiger partial charge in [0.15, 0.2) is 11.4 Å². The van der Waals surface area contributed by atoms with Crippen molar-refractivity contribution in [3.8, 4) is 5.75 Å². The topological polar surface area (TPSA) is 43.4 Å². The van der Waals surface area contributed by atoms with Crippen molar-refractivity contribution in [1.29, 1.82) is 0 Å². The zero-order chi connectivity index (χ0) is 27.2. The summed E-state index contributed by atoms with van der Waals surface area (Å²) in [6, 6.07) is 6.15. The molecule has 3 nitrogen and oxygen atoms in total. The molecule has 1 aromatic carbocycles. The fourth-order valence-corrected chi connectivity index (χ4v) is 7.16. The van der Waals surface area contributed by atoms with Crippen LogP contribution in [0.2, 0.25) is 0 Å². The lowest BCUT2D eigenvalue weighted by Crippen LogP contribution is -2.38. The highest BCUT2D eigenvalue weighted by Crippen LogP contribution is 2.52. The van der Waals surface area contributed by atoms with Gasteiger partial charge in [0, 0.05) is 19.3 Å². The zero-order valence-electron chi connectivity index (χ0n) is 25.0. The third-order valence-electron chi connectivity index (χ3n) is 9.02. The number of carbonyl (C=O) groups is 2. The Morgan fingerprint density at radius 1 is 0.811 bits per heavy atom. The van der Waals surface area contributed by atoms with Crippen LogP contribution in [-0.2, 0) is 9.59 Å². The summed E-state index contributed by atoms with van der Waals surface area (Å²) in [5.41, 5.74) is 1.86. The van der Waals surface area contributed by atoms with Crippen LogP contribution in [-0.4, -0.2) is 17.2 Å². The number of benzene rings is 1. The summed E-state index contributed by atoms with van der Waals surface area (Å²) in [6.07, 6.45) is 14.2. The van der Waals surface area contributed by atoms with E-state index in [4.69, 9.17) is 4.74 Å². The van der Waals surface area contributed by atoms with E-state index in [0.717, 1.165) is 85.5 Å². The molecule has 0 radical (unpaired) electrons. The van der Waals surface area contributed by atoms with Gasteiger partial charge >= 0.3 is 0 Å². The third kappa shape index (κ3) is 9.56. The van der Waals surface area contributed by atoms with Gasteiger partial charge in [-0.15, -0.1) is 0 Å². The molecule has 0 heterocycles. The van der Waals surface area contributed by atoms with Crippen molar-refractivity contribution < 1.29 is 14.3 Å². The van der Waals surface area contributed by atoms with Crippen molar-refractivity contribution in [3.63, 3.8) is 0 Å². The first-order chi connectivity index (χ1) is 17.3. The van der Waals surface area contributed by atoms with Crippen LogP contribution in [0.4, 0.5) is 0 Å². The number of fused-ring (bicyclic) bond motifs is 2. The van der Waals surface area contributed by atoms with Crippen LogP contribution in [0.3, 0.4) is 0 Å². The maximum Gasteiger partial charge on any atom is 0.175 e. The van der Waals surface area contributed by atoms with Crippen LogP contribution >= 0.6 is 0 Å². The molecule has 0 saturated heterocycles. The van der Waals surface area contributed by atoms with Gasteiger partial charge in [0.25, 0.3) is 0 Å². The Morgan fingerprint density at radius 2 is 1.38 bits per heavy atom. The van der Waals surface area contributed by atoms with Crippen LogP contribution < -0.4 is 4.74 Å². The molecule has 0 spiro atoms. The average Bonchev–Trinajstić information content (AvgIpc) is 2.99. The molecule has 3 heteroatoms. The van der Waals surface area contributed by atoms with Gasteiger partial charge in [-0.2, -0.15) is 0 Å². The summed E-state index contributed by atoms with van der Waals surface area (Å²) < 4.78 is 6.14. The normalized spacial score (nSPS) is 23.8. The first-order valence-electron chi connectivity index (χ1n) is 15.1. The first-order valence-corrected chi connectivity index (χ1v) is 15.1. The Bertz CT molecular complexity index is 872.